The predicted octanol–water partition coefficient (Wildman–Crippen LogP) is 2.93. The van der Waals surface area contributed by atoms with Crippen molar-refractivity contribution in [3.63, 3.8) is 0 Å². The van der Waals surface area contributed by atoms with E-state index in [1.165, 1.54) is 6.07 Å². The van der Waals surface area contributed by atoms with E-state index in [9.17, 15) is 9.90 Å². The molecule has 0 heterocycles. The molecule has 0 spiro atoms. The minimum absolute atomic E-state index is 0.0573. The average molecular weight is 267 g/mol. The Balaban J connectivity index is 2.09. The molecule has 0 fully saturated rings. The first-order valence-electron chi connectivity index (χ1n) is 6.06. The Hall–Kier alpha value is -2.80. The van der Waals surface area contributed by atoms with Gasteiger partial charge in [0.1, 0.15) is 17.9 Å². The molecule has 0 saturated heterocycles. The predicted molar refractivity (Wildman–Crippen MR) is 73.1 cm³/mol. The quantitative estimate of drug-likeness (QED) is 0.868. The Morgan fingerprint density at radius 1 is 1.30 bits per heavy atom. The summed E-state index contributed by atoms with van der Waals surface area (Å²) in [5.74, 6) is -0.695. The third kappa shape index (κ3) is 3.15. The second-order valence-electron chi connectivity index (χ2n) is 4.41. The van der Waals surface area contributed by atoms with Gasteiger partial charge in [-0.05, 0) is 36.8 Å². The Labute approximate surface area is 116 Å². The highest BCUT2D eigenvalue weighted by Gasteiger charge is 2.12. The van der Waals surface area contributed by atoms with Crippen LogP contribution in [0.1, 0.15) is 27.0 Å². The number of ether oxygens (including phenoxy) is 1. The highest BCUT2D eigenvalue weighted by atomic mass is 16.5. The molecule has 0 radical (unpaired) electrons. The number of aromatic hydroxyl groups is 1. The van der Waals surface area contributed by atoms with Gasteiger partial charge in [0.05, 0.1) is 11.6 Å². The zero-order chi connectivity index (χ0) is 14.5. The van der Waals surface area contributed by atoms with Crippen LogP contribution >= 0.6 is 0 Å². The topological polar surface area (TPSA) is 70.3 Å². The number of phenols is 1. The van der Waals surface area contributed by atoms with Gasteiger partial charge in [-0.3, -0.25) is 0 Å². The molecule has 1 N–H and O–H groups in total. The van der Waals surface area contributed by atoms with Crippen LogP contribution in [0.4, 0.5) is 0 Å². The molecule has 0 saturated carbocycles. The van der Waals surface area contributed by atoms with Crippen molar-refractivity contribution in [2.45, 2.75) is 13.5 Å². The van der Waals surface area contributed by atoms with Gasteiger partial charge < -0.3 is 9.84 Å². The fourth-order valence-corrected chi connectivity index (χ4v) is 1.77. The van der Waals surface area contributed by atoms with Crippen molar-refractivity contribution < 1.29 is 14.6 Å². The van der Waals surface area contributed by atoms with E-state index in [1.807, 2.05) is 13.0 Å². The molecule has 100 valence electrons. The summed E-state index contributed by atoms with van der Waals surface area (Å²) >= 11 is 0. The van der Waals surface area contributed by atoms with Crippen molar-refractivity contribution >= 4 is 5.97 Å². The van der Waals surface area contributed by atoms with Crippen LogP contribution < -0.4 is 0 Å². The van der Waals surface area contributed by atoms with Crippen LogP contribution in [0.15, 0.2) is 42.5 Å². The average Bonchev–Trinajstić information content (AvgIpc) is 2.47. The lowest BCUT2D eigenvalue weighted by atomic mass is 10.1. The van der Waals surface area contributed by atoms with E-state index >= 15 is 0 Å². The molecule has 0 aliphatic carbocycles. The van der Waals surface area contributed by atoms with Crippen LogP contribution in [0.25, 0.3) is 0 Å². The maximum atomic E-state index is 11.9. The van der Waals surface area contributed by atoms with Gasteiger partial charge in [-0.15, -0.1) is 0 Å². The Kier molecular flexibility index (Phi) is 4.02. The summed E-state index contributed by atoms with van der Waals surface area (Å²) in [6.45, 7) is 1.88. The highest BCUT2D eigenvalue weighted by molar-refractivity contribution is 5.92. The molecule has 0 amide bonds. The molecule has 20 heavy (non-hydrogen) atoms. The number of hydrogen-bond donors (Lipinski definition) is 1. The molecule has 0 unspecified atom stereocenters. The second kappa shape index (κ2) is 5.89. The number of hydrogen-bond acceptors (Lipinski definition) is 4. The normalized spacial score (nSPS) is 9.80. The zero-order valence-corrected chi connectivity index (χ0v) is 11.0. The Bertz CT molecular complexity index is 686. The number of nitrogens with zero attached hydrogens (tertiary/aromatic N) is 1. The van der Waals surface area contributed by atoms with Crippen LogP contribution in [0.2, 0.25) is 0 Å². The molecule has 0 bridgehead atoms. The Morgan fingerprint density at radius 3 is 2.85 bits per heavy atom. The molecule has 2 aromatic carbocycles. The van der Waals surface area contributed by atoms with Crippen molar-refractivity contribution in [1.82, 2.24) is 0 Å². The Morgan fingerprint density at radius 2 is 2.10 bits per heavy atom. The van der Waals surface area contributed by atoms with Crippen molar-refractivity contribution in [2.75, 3.05) is 0 Å². The molecule has 0 aliphatic heterocycles. The monoisotopic (exact) mass is 267 g/mol. The van der Waals surface area contributed by atoms with Gasteiger partial charge in [-0.1, -0.05) is 23.8 Å². The summed E-state index contributed by atoms with van der Waals surface area (Å²) in [5, 5.41) is 18.4. The van der Waals surface area contributed by atoms with E-state index in [2.05, 4.69) is 0 Å². The largest absolute Gasteiger partial charge is 0.507 e. The maximum Gasteiger partial charge on any atom is 0.342 e. The fourth-order valence-electron chi connectivity index (χ4n) is 1.77. The first kappa shape index (κ1) is 13.6. The number of rotatable bonds is 3. The van der Waals surface area contributed by atoms with E-state index < -0.39 is 5.97 Å². The van der Waals surface area contributed by atoms with E-state index in [4.69, 9.17) is 10.00 Å². The smallest absolute Gasteiger partial charge is 0.342 e. The van der Waals surface area contributed by atoms with Crippen LogP contribution in [0, 0.1) is 18.3 Å². The van der Waals surface area contributed by atoms with Gasteiger partial charge in [0.15, 0.2) is 0 Å². The van der Waals surface area contributed by atoms with Crippen LogP contribution in [0.5, 0.6) is 5.75 Å². The van der Waals surface area contributed by atoms with Gasteiger partial charge in [-0.25, -0.2) is 4.79 Å². The number of benzene rings is 2. The van der Waals surface area contributed by atoms with Gasteiger partial charge in [-0.2, -0.15) is 5.26 Å². The molecule has 2 rings (SSSR count). The summed E-state index contributed by atoms with van der Waals surface area (Å²) in [7, 11) is 0. The third-order valence-corrected chi connectivity index (χ3v) is 2.80. The van der Waals surface area contributed by atoms with Gasteiger partial charge in [0, 0.05) is 0 Å². The highest BCUT2D eigenvalue weighted by Crippen LogP contribution is 2.19. The van der Waals surface area contributed by atoms with Gasteiger partial charge in [0.25, 0.3) is 0 Å². The molecule has 2 aromatic rings. The van der Waals surface area contributed by atoms with Crippen molar-refractivity contribution in [3.05, 3.63) is 64.7 Å². The number of esters is 1. The molecular weight excluding hydrogens is 254 g/mol. The molecule has 4 heteroatoms. The van der Waals surface area contributed by atoms with E-state index in [0.29, 0.717) is 5.56 Å². The fraction of sp³-hybridized carbons (Fsp3) is 0.125. The number of carbonyl (C=O) groups is 1. The molecule has 0 atom stereocenters. The summed E-state index contributed by atoms with van der Waals surface area (Å²) in [6.07, 6.45) is 0. The number of aryl methyl sites for hydroxylation is 1. The van der Waals surface area contributed by atoms with Crippen LogP contribution in [-0.2, 0) is 11.3 Å². The lowest BCUT2D eigenvalue weighted by Gasteiger charge is -2.07. The van der Waals surface area contributed by atoms with Crippen LogP contribution in [0.3, 0.4) is 0 Å². The lowest BCUT2D eigenvalue weighted by Crippen LogP contribution is -2.06. The van der Waals surface area contributed by atoms with Crippen LogP contribution in [-0.4, -0.2) is 11.1 Å². The van der Waals surface area contributed by atoms with E-state index in [1.54, 1.807) is 36.4 Å². The lowest BCUT2D eigenvalue weighted by molar-refractivity contribution is 0.0469. The van der Waals surface area contributed by atoms with E-state index in [0.717, 1.165) is 11.1 Å². The maximum absolute atomic E-state index is 11.9. The molecular formula is C16H13NO3. The minimum Gasteiger partial charge on any atom is -0.507 e. The summed E-state index contributed by atoms with van der Waals surface area (Å²) in [6, 6.07) is 13.6. The summed E-state index contributed by atoms with van der Waals surface area (Å²) < 4.78 is 5.14. The van der Waals surface area contributed by atoms with Crippen molar-refractivity contribution in [3.8, 4) is 11.8 Å². The van der Waals surface area contributed by atoms with Crippen molar-refractivity contribution in [1.29, 1.82) is 5.26 Å². The standard InChI is InChI=1S/C16H13NO3/c1-11-5-6-15(18)14(7-11)16(19)20-10-13-4-2-3-12(8-13)9-17/h2-8,18H,10H2,1H3. The minimum atomic E-state index is -0.589. The number of nitriles is 1. The number of phenolic OH excluding ortho intramolecular Hbond substituents is 1. The third-order valence-electron chi connectivity index (χ3n) is 2.80. The summed E-state index contributed by atoms with van der Waals surface area (Å²) in [4.78, 5) is 11.9. The molecule has 0 aromatic heterocycles. The summed E-state index contributed by atoms with van der Waals surface area (Å²) in [5.41, 5.74) is 2.24. The first-order chi connectivity index (χ1) is 9.60. The zero-order valence-electron chi connectivity index (χ0n) is 11.0. The molecule has 0 aliphatic rings. The van der Waals surface area contributed by atoms with Gasteiger partial charge >= 0.3 is 5.97 Å². The SMILES string of the molecule is Cc1ccc(O)c(C(=O)OCc2cccc(C#N)c2)c1. The molecule has 4 nitrogen and oxygen atoms in total. The second-order valence-corrected chi connectivity index (χ2v) is 4.41. The van der Waals surface area contributed by atoms with E-state index in [-0.39, 0.29) is 17.9 Å². The number of carbonyl (C=O) groups excluding carboxylic acids is 1. The van der Waals surface area contributed by atoms with Gasteiger partial charge in [0.2, 0.25) is 0 Å². The first-order valence-corrected chi connectivity index (χ1v) is 6.06. The van der Waals surface area contributed by atoms with Crippen molar-refractivity contribution in [2.24, 2.45) is 0 Å².